The number of hydrogen-bond acceptors (Lipinski definition) is 7. The van der Waals surface area contributed by atoms with E-state index >= 15 is 0 Å². The molecular formula is C24H19NO6. The van der Waals surface area contributed by atoms with E-state index in [1.165, 1.54) is 12.3 Å². The van der Waals surface area contributed by atoms with Crippen molar-refractivity contribution >= 4 is 17.8 Å². The average molecular weight is 417 g/mol. The molecule has 1 aliphatic rings. The second-order valence-corrected chi connectivity index (χ2v) is 6.80. The number of aromatic nitrogens is 1. The largest absolute Gasteiger partial charge is 0.493 e. The van der Waals surface area contributed by atoms with E-state index in [0.717, 1.165) is 5.56 Å². The van der Waals surface area contributed by atoms with Gasteiger partial charge in [-0.15, -0.1) is 0 Å². The first kappa shape index (κ1) is 20.2. The van der Waals surface area contributed by atoms with Crippen molar-refractivity contribution in [3.8, 4) is 23.0 Å². The third-order valence-electron chi connectivity index (χ3n) is 4.76. The van der Waals surface area contributed by atoms with Gasteiger partial charge in [0, 0.05) is 18.5 Å². The van der Waals surface area contributed by atoms with Gasteiger partial charge in [0.05, 0.1) is 25.3 Å². The van der Waals surface area contributed by atoms with Gasteiger partial charge in [-0.1, -0.05) is 6.07 Å². The van der Waals surface area contributed by atoms with E-state index in [0.29, 0.717) is 33.9 Å². The minimum Gasteiger partial charge on any atom is -0.493 e. The summed E-state index contributed by atoms with van der Waals surface area (Å²) in [5, 5.41) is 0. The lowest BCUT2D eigenvalue weighted by molar-refractivity contribution is 0.0734. The Morgan fingerprint density at radius 2 is 1.87 bits per heavy atom. The number of aryl methyl sites for hydroxylation is 1. The fourth-order valence-electron chi connectivity index (χ4n) is 3.28. The molecule has 0 radical (unpaired) electrons. The van der Waals surface area contributed by atoms with E-state index in [1.807, 2.05) is 0 Å². The van der Waals surface area contributed by atoms with Crippen LogP contribution in [0.3, 0.4) is 0 Å². The topological polar surface area (TPSA) is 84.0 Å². The number of esters is 1. The first-order chi connectivity index (χ1) is 15.0. The van der Waals surface area contributed by atoms with Crippen LogP contribution in [0.1, 0.15) is 31.8 Å². The first-order valence-corrected chi connectivity index (χ1v) is 9.43. The van der Waals surface area contributed by atoms with E-state index in [1.54, 1.807) is 69.8 Å². The van der Waals surface area contributed by atoms with Gasteiger partial charge in [-0.3, -0.25) is 9.78 Å². The number of carbonyl (C=O) groups excluding carboxylic acids is 2. The SMILES string of the molecule is COc1ccc(/C=C2\Oc3cc(OC(=O)c4cccnc4)cc(C)c3C2=O)cc1OC. The molecule has 2 aromatic carbocycles. The first-order valence-electron chi connectivity index (χ1n) is 9.43. The number of Topliss-reactive ketones (excluding diaryl/α,β-unsaturated/α-hetero) is 1. The fraction of sp³-hybridized carbons (Fsp3) is 0.125. The number of hydrogen-bond donors (Lipinski definition) is 0. The van der Waals surface area contributed by atoms with E-state index in [-0.39, 0.29) is 17.3 Å². The van der Waals surface area contributed by atoms with Crippen molar-refractivity contribution in [2.24, 2.45) is 0 Å². The Kier molecular flexibility index (Phi) is 5.41. The summed E-state index contributed by atoms with van der Waals surface area (Å²) < 4.78 is 21.8. The zero-order valence-electron chi connectivity index (χ0n) is 17.2. The molecule has 0 saturated carbocycles. The normalized spacial score (nSPS) is 13.5. The van der Waals surface area contributed by atoms with Gasteiger partial charge in [-0.25, -0.2) is 4.79 Å². The molecule has 0 bridgehead atoms. The van der Waals surface area contributed by atoms with Crippen LogP contribution >= 0.6 is 0 Å². The van der Waals surface area contributed by atoms with Gasteiger partial charge < -0.3 is 18.9 Å². The predicted octanol–water partition coefficient (Wildman–Crippen LogP) is 4.24. The molecule has 2 heterocycles. The Balaban J connectivity index is 1.61. The number of ether oxygens (including phenoxy) is 4. The van der Waals surface area contributed by atoms with Crippen LogP contribution in [0.15, 0.2) is 60.6 Å². The Hall–Kier alpha value is -4.13. The number of rotatable bonds is 5. The molecule has 0 N–H and O–H groups in total. The minimum absolute atomic E-state index is 0.168. The summed E-state index contributed by atoms with van der Waals surface area (Å²) in [7, 11) is 3.09. The van der Waals surface area contributed by atoms with Gasteiger partial charge in [-0.2, -0.15) is 0 Å². The molecular weight excluding hydrogens is 398 g/mol. The maximum atomic E-state index is 12.9. The smallest absolute Gasteiger partial charge is 0.345 e. The van der Waals surface area contributed by atoms with Crippen LogP contribution in [0.25, 0.3) is 6.08 Å². The maximum absolute atomic E-state index is 12.9. The summed E-state index contributed by atoms with van der Waals surface area (Å²) >= 11 is 0. The molecule has 0 saturated heterocycles. The van der Waals surface area contributed by atoms with Crippen molar-refractivity contribution in [2.75, 3.05) is 14.2 Å². The lowest BCUT2D eigenvalue weighted by Crippen LogP contribution is -2.09. The Bertz CT molecular complexity index is 1200. The number of ketones is 1. The number of benzene rings is 2. The van der Waals surface area contributed by atoms with Gasteiger partial charge in [0.1, 0.15) is 11.5 Å². The van der Waals surface area contributed by atoms with Crippen LogP contribution in [0, 0.1) is 6.92 Å². The van der Waals surface area contributed by atoms with Gasteiger partial charge in [0.15, 0.2) is 17.3 Å². The molecule has 0 spiro atoms. The molecule has 7 heteroatoms. The lowest BCUT2D eigenvalue weighted by Gasteiger charge is -2.08. The summed E-state index contributed by atoms with van der Waals surface area (Å²) in [4.78, 5) is 29.1. The van der Waals surface area contributed by atoms with Gasteiger partial charge in [0.25, 0.3) is 0 Å². The number of allylic oxidation sites excluding steroid dienone is 1. The molecule has 0 fully saturated rings. The van der Waals surface area contributed by atoms with Crippen LogP contribution in [-0.4, -0.2) is 31.0 Å². The zero-order chi connectivity index (χ0) is 22.0. The Labute approximate surface area is 178 Å². The van der Waals surface area contributed by atoms with Crippen molar-refractivity contribution in [3.63, 3.8) is 0 Å². The number of fused-ring (bicyclic) bond motifs is 1. The molecule has 1 aliphatic heterocycles. The number of nitrogens with zero attached hydrogens (tertiary/aromatic N) is 1. The summed E-state index contributed by atoms with van der Waals surface area (Å²) in [6.45, 7) is 1.76. The van der Waals surface area contributed by atoms with Crippen LogP contribution in [0.2, 0.25) is 0 Å². The molecule has 0 atom stereocenters. The third kappa shape index (κ3) is 3.98. The molecule has 0 amide bonds. The Morgan fingerprint density at radius 3 is 2.58 bits per heavy atom. The number of pyridine rings is 1. The van der Waals surface area contributed by atoms with Crippen LogP contribution in [0.4, 0.5) is 0 Å². The van der Waals surface area contributed by atoms with Gasteiger partial charge in [0.2, 0.25) is 5.78 Å². The van der Waals surface area contributed by atoms with Crippen LogP contribution < -0.4 is 18.9 Å². The van der Waals surface area contributed by atoms with Crippen molar-refractivity contribution in [1.29, 1.82) is 0 Å². The summed E-state index contributed by atoms with van der Waals surface area (Å²) in [5.74, 6) is 1.13. The standard InChI is InChI=1S/C24H19NO6/c1-14-9-17(30-24(27)16-5-4-8-25-13-16)12-20-22(14)23(26)21(31-20)11-15-6-7-18(28-2)19(10-15)29-3/h4-13H,1-3H3/b21-11-. The maximum Gasteiger partial charge on any atom is 0.345 e. The summed E-state index contributed by atoms with van der Waals surface area (Å²) in [6.07, 6.45) is 4.62. The van der Waals surface area contributed by atoms with E-state index < -0.39 is 5.97 Å². The molecule has 156 valence electrons. The van der Waals surface area contributed by atoms with E-state index in [2.05, 4.69) is 4.98 Å². The lowest BCUT2D eigenvalue weighted by atomic mass is 10.0. The summed E-state index contributed by atoms with van der Waals surface area (Å²) in [6, 6.07) is 11.7. The molecule has 31 heavy (non-hydrogen) atoms. The highest BCUT2D eigenvalue weighted by Crippen LogP contribution is 2.38. The second kappa shape index (κ2) is 8.31. The van der Waals surface area contributed by atoms with Crippen molar-refractivity contribution < 1.29 is 28.5 Å². The molecule has 7 nitrogen and oxygen atoms in total. The predicted molar refractivity (Wildman–Crippen MR) is 113 cm³/mol. The van der Waals surface area contributed by atoms with Gasteiger partial charge >= 0.3 is 5.97 Å². The highest BCUT2D eigenvalue weighted by atomic mass is 16.5. The van der Waals surface area contributed by atoms with Crippen LogP contribution in [-0.2, 0) is 0 Å². The highest BCUT2D eigenvalue weighted by Gasteiger charge is 2.30. The minimum atomic E-state index is -0.544. The molecule has 1 aromatic heterocycles. The number of carbonyl (C=O) groups is 2. The average Bonchev–Trinajstić information content (AvgIpc) is 3.09. The molecule has 0 aliphatic carbocycles. The van der Waals surface area contributed by atoms with E-state index in [9.17, 15) is 9.59 Å². The molecule has 0 unspecified atom stereocenters. The molecule has 4 rings (SSSR count). The third-order valence-corrected chi connectivity index (χ3v) is 4.76. The highest BCUT2D eigenvalue weighted by molar-refractivity contribution is 6.15. The van der Waals surface area contributed by atoms with Crippen LogP contribution in [0.5, 0.6) is 23.0 Å². The number of methoxy groups -OCH3 is 2. The quantitative estimate of drug-likeness (QED) is 0.349. The van der Waals surface area contributed by atoms with Crippen molar-refractivity contribution in [1.82, 2.24) is 4.98 Å². The monoisotopic (exact) mass is 417 g/mol. The van der Waals surface area contributed by atoms with E-state index in [4.69, 9.17) is 18.9 Å². The van der Waals surface area contributed by atoms with Crippen molar-refractivity contribution in [3.05, 3.63) is 82.9 Å². The zero-order valence-corrected chi connectivity index (χ0v) is 17.2. The fourth-order valence-corrected chi connectivity index (χ4v) is 3.28. The summed E-state index contributed by atoms with van der Waals surface area (Å²) in [5.41, 5.74) is 2.13. The second-order valence-electron chi connectivity index (χ2n) is 6.80. The van der Waals surface area contributed by atoms with Crippen molar-refractivity contribution in [2.45, 2.75) is 6.92 Å². The Morgan fingerprint density at radius 1 is 1.06 bits per heavy atom. The van der Waals surface area contributed by atoms with Gasteiger partial charge in [-0.05, 0) is 54.5 Å². The molecule has 3 aromatic rings.